The molecule has 0 fully saturated rings. The maximum atomic E-state index is 12.8. The minimum atomic E-state index is -1.01. The summed E-state index contributed by atoms with van der Waals surface area (Å²) in [6, 6.07) is -0.861. The highest BCUT2D eigenvalue weighted by atomic mass is 16.5. The first-order chi connectivity index (χ1) is 25.4. The molecule has 302 valence electrons. The summed E-state index contributed by atoms with van der Waals surface area (Å²) in [4.78, 5) is 36.3. The van der Waals surface area contributed by atoms with Gasteiger partial charge in [0.15, 0.2) is 0 Å². The van der Waals surface area contributed by atoms with Crippen molar-refractivity contribution in [1.82, 2.24) is 5.32 Å². The lowest BCUT2D eigenvalue weighted by Crippen LogP contribution is -2.40. The molecule has 2 unspecified atom stereocenters. The van der Waals surface area contributed by atoms with Crippen LogP contribution >= 0.6 is 0 Å². The Bertz CT molecular complexity index is 915. The number of carboxylic acids is 1. The van der Waals surface area contributed by atoms with Crippen LogP contribution in [0.4, 0.5) is 0 Å². The molecule has 52 heavy (non-hydrogen) atoms. The number of hydrogen-bond acceptors (Lipinski definition) is 5. The van der Waals surface area contributed by atoms with Gasteiger partial charge in [0.05, 0.1) is 0 Å². The first-order valence-electron chi connectivity index (χ1n) is 21.8. The standard InChI is InChI=1S/C45H82N2O5/c1-3-5-7-9-11-13-15-16-17-18-20-22-24-29-33-39-44(49)52-41(35-30-26-23-21-19-14-12-10-8-6-4-2)36-31-27-25-28-32-38-43(48)47-42(45(50)51)37-34-40-46/h12,14,16-17,21,23,41-42H,3-11,13,15,18-20,22,24-40,46H2,1-2H3,(H,47,48)(H,50,51)/b14-12-,17-16-,23-21-. The van der Waals surface area contributed by atoms with Crippen LogP contribution in [-0.4, -0.2) is 41.6 Å². The molecule has 0 aromatic heterocycles. The first-order valence-corrected chi connectivity index (χ1v) is 21.8. The minimum Gasteiger partial charge on any atom is -0.480 e. The summed E-state index contributed by atoms with van der Waals surface area (Å²) in [6.45, 7) is 4.91. The maximum absolute atomic E-state index is 12.8. The zero-order chi connectivity index (χ0) is 38.2. The summed E-state index contributed by atoms with van der Waals surface area (Å²) in [7, 11) is 0. The van der Waals surface area contributed by atoms with Crippen molar-refractivity contribution in [3.05, 3.63) is 36.5 Å². The van der Waals surface area contributed by atoms with Crippen molar-refractivity contribution in [2.75, 3.05) is 6.54 Å². The third-order valence-electron chi connectivity index (χ3n) is 9.68. The van der Waals surface area contributed by atoms with E-state index in [2.05, 4.69) is 55.6 Å². The summed E-state index contributed by atoms with van der Waals surface area (Å²) >= 11 is 0. The molecule has 7 heteroatoms. The van der Waals surface area contributed by atoms with Gasteiger partial charge in [0, 0.05) is 12.8 Å². The Morgan fingerprint density at radius 3 is 1.62 bits per heavy atom. The van der Waals surface area contributed by atoms with Gasteiger partial charge in [0.2, 0.25) is 5.91 Å². The number of carbonyl (C=O) groups is 3. The average molecular weight is 731 g/mol. The highest BCUT2D eigenvalue weighted by Crippen LogP contribution is 2.18. The summed E-state index contributed by atoms with van der Waals surface area (Å²) in [5.41, 5.74) is 5.48. The smallest absolute Gasteiger partial charge is 0.326 e. The molecular weight excluding hydrogens is 649 g/mol. The number of carboxylic acid groups (broad SMARTS) is 1. The highest BCUT2D eigenvalue weighted by Gasteiger charge is 2.19. The number of allylic oxidation sites excluding steroid dienone is 6. The maximum Gasteiger partial charge on any atom is 0.326 e. The number of hydrogen-bond donors (Lipinski definition) is 3. The van der Waals surface area contributed by atoms with Crippen molar-refractivity contribution < 1.29 is 24.2 Å². The van der Waals surface area contributed by atoms with Crippen LogP contribution in [0.5, 0.6) is 0 Å². The van der Waals surface area contributed by atoms with Gasteiger partial charge in [-0.05, 0) is 109 Å². The van der Waals surface area contributed by atoms with Gasteiger partial charge in [0.1, 0.15) is 12.1 Å². The second kappa shape index (κ2) is 39.8. The number of esters is 1. The zero-order valence-electron chi connectivity index (χ0n) is 33.9. The van der Waals surface area contributed by atoms with Crippen LogP contribution in [0.25, 0.3) is 0 Å². The second-order valence-electron chi connectivity index (χ2n) is 14.7. The molecule has 0 spiro atoms. The minimum absolute atomic E-state index is 0.0326. The van der Waals surface area contributed by atoms with Crippen LogP contribution in [0, 0.1) is 0 Å². The fourth-order valence-corrected chi connectivity index (χ4v) is 6.36. The molecule has 0 aliphatic carbocycles. The lowest BCUT2D eigenvalue weighted by Gasteiger charge is -2.18. The quantitative estimate of drug-likeness (QED) is 0.0329. The van der Waals surface area contributed by atoms with Crippen molar-refractivity contribution in [3.8, 4) is 0 Å². The molecule has 0 aromatic rings. The van der Waals surface area contributed by atoms with E-state index in [0.717, 1.165) is 77.0 Å². The molecule has 0 aliphatic rings. The van der Waals surface area contributed by atoms with Crippen LogP contribution in [0.3, 0.4) is 0 Å². The predicted octanol–water partition coefficient (Wildman–Crippen LogP) is 12.2. The molecule has 4 N–H and O–H groups in total. The Morgan fingerprint density at radius 2 is 1.02 bits per heavy atom. The summed E-state index contributed by atoms with van der Waals surface area (Å²) < 4.78 is 6.01. The van der Waals surface area contributed by atoms with Gasteiger partial charge in [-0.15, -0.1) is 0 Å². The number of rotatable bonds is 39. The number of aliphatic carboxylic acids is 1. The van der Waals surface area contributed by atoms with Gasteiger partial charge in [0.25, 0.3) is 0 Å². The van der Waals surface area contributed by atoms with Crippen molar-refractivity contribution in [3.63, 3.8) is 0 Å². The van der Waals surface area contributed by atoms with E-state index < -0.39 is 12.0 Å². The Morgan fingerprint density at radius 1 is 0.558 bits per heavy atom. The number of unbranched alkanes of at least 4 members (excludes halogenated alkanes) is 19. The Labute approximate surface area is 320 Å². The summed E-state index contributed by atoms with van der Waals surface area (Å²) in [5, 5.41) is 11.9. The normalized spacial score (nSPS) is 13.0. The number of nitrogens with one attached hydrogen (secondary N) is 1. The lowest BCUT2D eigenvalue weighted by molar-refractivity contribution is -0.150. The van der Waals surface area contributed by atoms with Crippen molar-refractivity contribution >= 4 is 17.8 Å². The van der Waals surface area contributed by atoms with E-state index in [0.29, 0.717) is 32.2 Å². The van der Waals surface area contributed by atoms with Gasteiger partial charge >= 0.3 is 11.9 Å². The Balaban J connectivity index is 4.36. The predicted molar refractivity (Wildman–Crippen MR) is 220 cm³/mol. The van der Waals surface area contributed by atoms with E-state index in [-0.39, 0.29) is 18.0 Å². The SMILES string of the molecule is CCCCC/C=C\C/C=C\CCCC(CCCCCCCC(=O)NC(CCCN)C(=O)O)OC(=O)CCCCCCC/C=C\CCCCCCCC. The van der Waals surface area contributed by atoms with E-state index in [4.69, 9.17) is 10.5 Å². The topological polar surface area (TPSA) is 119 Å². The van der Waals surface area contributed by atoms with Gasteiger partial charge in [-0.1, -0.05) is 134 Å². The largest absolute Gasteiger partial charge is 0.480 e. The first kappa shape index (κ1) is 49.6. The molecule has 0 saturated heterocycles. The molecule has 0 rings (SSSR count). The van der Waals surface area contributed by atoms with E-state index in [1.165, 1.54) is 96.3 Å². The van der Waals surface area contributed by atoms with E-state index >= 15 is 0 Å². The van der Waals surface area contributed by atoms with Crippen molar-refractivity contribution in [2.24, 2.45) is 5.73 Å². The number of amides is 1. The van der Waals surface area contributed by atoms with Crippen LogP contribution in [-0.2, 0) is 19.1 Å². The molecule has 0 aromatic carbocycles. The fraction of sp³-hybridized carbons (Fsp3) is 0.800. The molecule has 0 heterocycles. The van der Waals surface area contributed by atoms with Gasteiger partial charge in [-0.2, -0.15) is 0 Å². The van der Waals surface area contributed by atoms with Crippen LogP contribution in [0.1, 0.15) is 213 Å². The van der Waals surface area contributed by atoms with E-state index in [1.54, 1.807) is 0 Å². The molecule has 0 saturated carbocycles. The molecule has 0 radical (unpaired) electrons. The third-order valence-corrected chi connectivity index (χ3v) is 9.68. The van der Waals surface area contributed by atoms with Gasteiger partial charge in [-0.25, -0.2) is 4.79 Å². The molecule has 7 nitrogen and oxygen atoms in total. The zero-order valence-corrected chi connectivity index (χ0v) is 33.9. The Kier molecular flexibility index (Phi) is 37.9. The number of carbonyl (C=O) groups excluding carboxylic acids is 2. The fourth-order valence-electron chi connectivity index (χ4n) is 6.36. The van der Waals surface area contributed by atoms with Gasteiger partial charge in [-0.3, -0.25) is 9.59 Å². The summed E-state index contributed by atoms with van der Waals surface area (Å²) in [6.07, 6.45) is 46.1. The van der Waals surface area contributed by atoms with Crippen molar-refractivity contribution in [1.29, 1.82) is 0 Å². The highest BCUT2D eigenvalue weighted by molar-refractivity contribution is 5.83. The summed E-state index contributed by atoms with van der Waals surface area (Å²) in [5.74, 6) is -1.27. The molecule has 0 bridgehead atoms. The van der Waals surface area contributed by atoms with Crippen LogP contribution in [0.2, 0.25) is 0 Å². The second-order valence-corrected chi connectivity index (χ2v) is 14.7. The van der Waals surface area contributed by atoms with Crippen molar-refractivity contribution in [2.45, 2.75) is 225 Å². The molecule has 1 amide bonds. The van der Waals surface area contributed by atoms with Crippen LogP contribution in [0.15, 0.2) is 36.5 Å². The van der Waals surface area contributed by atoms with Crippen LogP contribution < -0.4 is 11.1 Å². The molecular formula is C45H82N2O5. The molecule has 2 atom stereocenters. The molecule has 0 aliphatic heterocycles. The van der Waals surface area contributed by atoms with Gasteiger partial charge < -0.3 is 20.9 Å². The number of nitrogens with two attached hydrogens (primary N) is 1. The van der Waals surface area contributed by atoms with E-state index in [1.807, 2.05) is 0 Å². The van der Waals surface area contributed by atoms with E-state index in [9.17, 15) is 19.5 Å². The Hall–Kier alpha value is -2.41. The average Bonchev–Trinajstić information content (AvgIpc) is 3.13. The number of ether oxygens (including phenoxy) is 1. The lowest BCUT2D eigenvalue weighted by atomic mass is 10.0. The monoisotopic (exact) mass is 731 g/mol. The third kappa shape index (κ3) is 36.0.